The molecule has 0 radical (unpaired) electrons. The number of aromatic nitrogens is 6. The van der Waals surface area contributed by atoms with E-state index in [1.807, 2.05) is 13.8 Å². The second-order valence-corrected chi connectivity index (χ2v) is 5.45. The lowest BCUT2D eigenvalue weighted by Crippen LogP contribution is -2.39. The van der Waals surface area contributed by atoms with E-state index < -0.39 is 0 Å². The lowest BCUT2D eigenvalue weighted by molar-refractivity contribution is 0.0334. The van der Waals surface area contributed by atoms with Crippen molar-refractivity contribution in [1.29, 1.82) is 0 Å². The van der Waals surface area contributed by atoms with Crippen LogP contribution >= 0.6 is 0 Å². The zero-order chi connectivity index (χ0) is 16.2. The summed E-state index contributed by atoms with van der Waals surface area (Å²) in [5.74, 6) is 1.53. The predicted octanol–water partition coefficient (Wildman–Crippen LogP) is 0.304. The number of hydrogen-bond acceptors (Lipinski definition) is 8. The standard InChI is InChI=1S/C14H21N7O2/c1-10-11(2)15-9-16-14(10)20-4-7-23-12(8-20)13-17-19-21(18-13)5-6-22-3/h9,12H,4-8H2,1-3H3/t12-/m0/s1. The predicted molar refractivity (Wildman–Crippen MR) is 82.1 cm³/mol. The van der Waals surface area contributed by atoms with Gasteiger partial charge in [-0.3, -0.25) is 0 Å². The third-order valence-electron chi connectivity index (χ3n) is 3.93. The Kier molecular flexibility index (Phi) is 4.77. The van der Waals surface area contributed by atoms with Gasteiger partial charge >= 0.3 is 0 Å². The number of aryl methyl sites for hydroxylation is 1. The fourth-order valence-corrected chi connectivity index (χ4v) is 2.49. The third-order valence-corrected chi connectivity index (χ3v) is 3.93. The van der Waals surface area contributed by atoms with E-state index in [2.05, 4.69) is 30.3 Å². The number of tetrazole rings is 1. The van der Waals surface area contributed by atoms with E-state index in [-0.39, 0.29) is 6.10 Å². The Labute approximate surface area is 134 Å². The lowest BCUT2D eigenvalue weighted by Gasteiger charge is -2.33. The van der Waals surface area contributed by atoms with Crippen molar-refractivity contribution in [2.45, 2.75) is 26.5 Å². The number of anilines is 1. The van der Waals surface area contributed by atoms with Crippen LogP contribution in [-0.4, -0.2) is 63.6 Å². The number of rotatable bonds is 5. The van der Waals surface area contributed by atoms with Crippen LogP contribution in [-0.2, 0) is 16.0 Å². The molecule has 1 atom stereocenters. The Morgan fingerprint density at radius 3 is 3.04 bits per heavy atom. The summed E-state index contributed by atoms with van der Waals surface area (Å²) in [6, 6.07) is 0. The van der Waals surface area contributed by atoms with Crippen LogP contribution < -0.4 is 4.90 Å². The molecule has 9 heteroatoms. The highest BCUT2D eigenvalue weighted by Crippen LogP contribution is 2.25. The van der Waals surface area contributed by atoms with Crippen molar-refractivity contribution in [3.05, 3.63) is 23.4 Å². The van der Waals surface area contributed by atoms with Gasteiger partial charge in [0.15, 0.2) is 0 Å². The van der Waals surface area contributed by atoms with E-state index in [4.69, 9.17) is 9.47 Å². The van der Waals surface area contributed by atoms with E-state index >= 15 is 0 Å². The van der Waals surface area contributed by atoms with E-state index in [1.165, 1.54) is 4.80 Å². The molecule has 0 amide bonds. The van der Waals surface area contributed by atoms with Gasteiger partial charge in [-0.2, -0.15) is 4.80 Å². The molecule has 3 rings (SSSR count). The first kappa shape index (κ1) is 15.8. The van der Waals surface area contributed by atoms with Gasteiger partial charge in [-0.05, 0) is 19.1 Å². The summed E-state index contributed by atoms with van der Waals surface area (Å²) in [4.78, 5) is 12.4. The average Bonchev–Trinajstić information content (AvgIpc) is 3.04. The third kappa shape index (κ3) is 3.45. The Bertz CT molecular complexity index is 660. The van der Waals surface area contributed by atoms with Gasteiger partial charge in [-0.1, -0.05) is 0 Å². The summed E-state index contributed by atoms with van der Waals surface area (Å²) in [5, 5.41) is 12.5. The molecule has 0 aliphatic carbocycles. The number of ether oxygens (including phenoxy) is 2. The smallest absolute Gasteiger partial charge is 0.205 e. The summed E-state index contributed by atoms with van der Waals surface area (Å²) < 4.78 is 10.8. The average molecular weight is 319 g/mol. The van der Waals surface area contributed by atoms with Gasteiger partial charge in [0.2, 0.25) is 5.82 Å². The first-order chi connectivity index (χ1) is 11.2. The van der Waals surface area contributed by atoms with Gasteiger partial charge in [0.05, 0.1) is 26.3 Å². The van der Waals surface area contributed by atoms with E-state index in [1.54, 1.807) is 13.4 Å². The molecule has 1 saturated heterocycles. The summed E-state index contributed by atoms with van der Waals surface area (Å²) in [6.45, 7) is 7.17. The molecule has 0 N–H and O–H groups in total. The molecule has 124 valence electrons. The van der Waals surface area contributed by atoms with Crippen molar-refractivity contribution < 1.29 is 9.47 Å². The topological polar surface area (TPSA) is 91.1 Å². The van der Waals surface area contributed by atoms with Crippen LogP contribution in [0.4, 0.5) is 5.82 Å². The van der Waals surface area contributed by atoms with Gasteiger partial charge in [0, 0.05) is 24.9 Å². The molecule has 3 heterocycles. The Hall–Kier alpha value is -2.13. The fourth-order valence-electron chi connectivity index (χ4n) is 2.49. The molecule has 0 unspecified atom stereocenters. The minimum Gasteiger partial charge on any atom is -0.383 e. The van der Waals surface area contributed by atoms with Crippen LogP contribution in [0.15, 0.2) is 6.33 Å². The quantitative estimate of drug-likeness (QED) is 0.777. The highest BCUT2D eigenvalue weighted by molar-refractivity contribution is 5.47. The maximum Gasteiger partial charge on any atom is 0.205 e. The summed E-state index contributed by atoms with van der Waals surface area (Å²) >= 11 is 0. The second-order valence-electron chi connectivity index (χ2n) is 5.45. The van der Waals surface area contributed by atoms with Crippen LogP contribution in [0.5, 0.6) is 0 Å². The van der Waals surface area contributed by atoms with Crippen LogP contribution in [0.1, 0.15) is 23.2 Å². The molecule has 2 aromatic rings. The molecular weight excluding hydrogens is 298 g/mol. The molecule has 0 bridgehead atoms. The van der Waals surface area contributed by atoms with Crippen LogP contribution in [0.3, 0.4) is 0 Å². The number of nitrogens with zero attached hydrogens (tertiary/aromatic N) is 7. The monoisotopic (exact) mass is 319 g/mol. The van der Waals surface area contributed by atoms with Gasteiger partial charge in [0.25, 0.3) is 0 Å². The highest BCUT2D eigenvalue weighted by atomic mass is 16.5. The van der Waals surface area contributed by atoms with Crippen LogP contribution in [0.25, 0.3) is 0 Å². The number of hydrogen-bond donors (Lipinski definition) is 0. The Morgan fingerprint density at radius 1 is 1.35 bits per heavy atom. The van der Waals surface area contributed by atoms with E-state index in [0.717, 1.165) is 23.6 Å². The maximum atomic E-state index is 5.81. The van der Waals surface area contributed by atoms with Crippen molar-refractivity contribution in [3.8, 4) is 0 Å². The normalized spacial score (nSPS) is 18.4. The van der Waals surface area contributed by atoms with Crippen LogP contribution in [0, 0.1) is 13.8 Å². The highest BCUT2D eigenvalue weighted by Gasteiger charge is 2.27. The SMILES string of the molecule is COCCn1nnc([C@@H]2CN(c3ncnc(C)c3C)CCO2)n1. The minimum absolute atomic E-state index is 0.213. The van der Waals surface area contributed by atoms with Gasteiger partial charge in [-0.15, -0.1) is 10.2 Å². The first-order valence-corrected chi connectivity index (χ1v) is 7.60. The minimum atomic E-state index is -0.213. The molecule has 1 aliphatic rings. The summed E-state index contributed by atoms with van der Waals surface area (Å²) in [5.41, 5.74) is 2.08. The van der Waals surface area contributed by atoms with E-state index in [0.29, 0.717) is 32.1 Å². The lowest BCUT2D eigenvalue weighted by atomic mass is 10.2. The van der Waals surface area contributed by atoms with Gasteiger partial charge in [-0.25, -0.2) is 9.97 Å². The van der Waals surface area contributed by atoms with Crippen molar-refractivity contribution in [3.63, 3.8) is 0 Å². The zero-order valence-electron chi connectivity index (χ0n) is 13.6. The maximum absolute atomic E-state index is 5.81. The molecule has 2 aromatic heterocycles. The second kappa shape index (κ2) is 6.97. The van der Waals surface area contributed by atoms with Crippen molar-refractivity contribution >= 4 is 5.82 Å². The number of morpholine rings is 1. The molecule has 9 nitrogen and oxygen atoms in total. The van der Waals surface area contributed by atoms with Crippen molar-refractivity contribution in [2.24, 2.45) is 0 Å². The first-order valence-electron chi connectivity index (χ1n) is 7.60. The molecular formula is C14H21N7O2. The van der Waals surface area contributed by atoms with Crippen molar-refractivity contribution in [1.82, 2.24) is 30.2 Å². The van der Waals surface area contributed by atoms with Gasteiger partial charge in [0.1, 0.15) is 18.2 Å². The summed E-state index contributed by atoms with van der Waals surface area (Å²) in [7, 11) is 1.64. The molecule has 0 saturated carbocycles. The zero-order valence-corrected chi connectivity index (χ0v) is 13.6. The Balaban J connectivity index is 1.73. The number of methoxy groups -OCH3 is 1. The fraction of sp³-hybridized carbons (Fsp3) is 0.643. The van der Waals surface area contributed by atoms with Crippen LogP contribution in [0.2, 0.25) is 0 Å². The largest absolute Gasteiger partial charge is 0.383 e. The van der Waals surface area contributed by atoms with Crippen molar-refractivity contribution in [2.75, 3.05) is 38.3 Å². The Morgan fingerprint density at radius 2 is 2.22 bits per heavy atom. The molecule has 0 spiro atoms. The summed E-state index contributed by atoms with van der Waals surface area (Å²) in [6.07, 6.45) is 1.39. The molecule has 1 aliphatic heterocycles. The molecule has 0 aromatic carbocycles. The molecule has 1 fully saturated rings. The van der Waals surface area contributed by atoms with Gasteiger partial charge < -0.3 is 14.4 Å². The molecule has 23 heavy (non-hydrogen) atoms. The van der Waals surface area contributed by atoms with E-state index in [9.17, 15) is 0 Å².